The number of carbonyl (C=O) groups is 1. The molecule has 1 aromatic carbocycles. The first-order valence-electron chi connectivity index (χ1n) is 7.01. The van der Waals surface area contributed by atoms with E-state index < -0.39 is 11.9 Å². The molecule has 0 aliphatic carbocycles. The molecule has 0 saturated carbocycles. The van der Waals surface area contributed by atoms with Gasteiger partial charge in [0.2, 0.25) is 0 Å². The number of nitrogens with zero attached hydrogens (tertiary/aromatic N) is 3. The Morgan fingerprint density at radius 1 is 1.45 bits per heavy atom. The van der Waals surface area contributed by atoms with Crippen molar-refractivity contribution >= 4 is 29.1 Å². The fraction of sp³-hybridized carbons (Fsp3) is 0.400. The van der Waals surface area contributed by atoms with Crippen LogP contribution in [0.3, 0.4) is 0 Å². The van der Waals surface area contributed by atoms with Crippen LogP contribution in [0.1, 0.15) is 19.4 Å². The zero-order valence-corrected chi connectivity index (χ0v) is 13.5. The molecule has 1 unspecified atom stereocenters. The number of anilines is 2. The molecule has 118 valence electrons. The summed E-state index contributed by atoms with van der Waals surface area (Å²) < 4.78 is 0. The number of aromatic nitrogens is 3. The molecule has 1 heterocycles. The second-order valence-electron chi connectivity index (χ2n) is 5.54. The van der Waals surface area contributed by atoms with E-state index in [0.717, 1.165) is 11.3 Å². The van der Waals surface area contributed by atoms with Gasteiger partial charge in [-0.05, 0) is 36.1 Å². The van der Waals surface area contributed by atoms with E-state index in [1.165, 1.54) is 4.80 Å². The van der Waals surface area contributed by atoms with Gasteiger partial charge in [-0.3, -0.25) is 4.79 Å². The van der Waals surface area contributed by atoms with Crippen molar-refractivity contribution < 1.29 is 9.90 Å². The summed E-state index contributed by atoms with van der Waals surface area (Å²) in [6.07, 6.45) is 2.01. The highest BCUT2D eigenvalue weighted by atomic mass is 35.5. The van der Waals surface area contributed by atoms with Gasteiger partial charge in [-0.15, -0.1) is 5.10 Å². The zero-order chi connectivity index (χ0) is 16.3. The second kappa shape index (κ2) is 6.79. The van der Waals surface area contributed by atoms with Gasteiger partial charge in [0, 0.05) is 17.8 Å². The Morgan fingerprint density at radius 3 is 2.73 bits per heavy atom. The van der Waals surface area contributed by atoms with Crippen molar-refractivity contribution in [2.45, 2.75) is 20.3 Å². The first kappa shape index (κ1) is 16.3. The molecule has 1 atom stereocenters. The lowest BCUT2D eigenvalue weighted by Gasteiger charge is -2.18. The van der Waals surface area contributed by atoms with E-state index in [0.29, 0.717) is 17.3 Å². The average molecular weight is 323 g/mol. The Kier molecular flexibility index (Phi) is 5.03. The van der Waals surface area contributed by atoms with E-state index in [1.54, 1.807) is 25.4 Å². The Balaban J connectivity index is 2.29. The average Bonchev–Trinajstić information content (AvgIpc) is 2.83. The lowest BCUT2D eigenvalue weighted by atomic mass is 9.89. The topological polar surface area (TPSA) is 80.0 Å². The van der Waals surface area contributed by atoms with Crippen molar-refractivity contribution in [2.75, 3.05) is 5.32 Å². The molecule has 0 radical (unpaired) electrons. The summed E-state index contributed by atoms with van der Waals surface area (Å²) in [5.74, 6) is -0.648. The van der Waals surface area contributed by atoms with Gasteiger partial charge in [0.25, 0.3) is 0 Å². The Hall–Kier alpha value is -2.08. The maximum Gasteiger partial charge on any atom is 0.307 e. The van der Waals surface area contributed by atoms with E-state index >= 15 is 0 Å². The van der Waals surface area contributed by atoms with E-state index in [2.05, 4.69) is 15.5 Å². The summed E-state index contributed by atoms with van der Waals surface area (Å²) in [5, 5.41) is 21.3. The van der Waals surface area contributed by atoms with Gasteiger partial charge in [0.05, 0.1) is 12.1 Å². The highest BCUT2D eigenvalue weighted by Gasteiger charge is 2.23. The first-order chi connectivity index (χ1) is 10.4. The molecule has 0 aliphatic heterocycles. The van der Waals surface area contributed by atoms with Crippen LogP contribution in [0.4, 0.5) is 11.5 Å². The first-order valence-corrected chi connectivity index (χ1v) is 7.39. The number of aliphatic carboxylic acids is 1. The van der Waals surface area contributed by atoms with Gasteiger partial charge >= 0.3 is 5.97 Å². The third-order valence-corrected chi connectivity index (χ3v) is 3.73. The number of benzene rings is 1. The van der Waals surface area contributed by atoms with Gasteiger partial charge in [0.1, 0.15) is 0 Å². The van der Waals surface area contributed by atoms with E-state index in [1.807, 2.05) is 19.9 Å². The standard InChI is InChI=1S/C15H19ClN4O2/c1-9(2)12(15(21)22)7-10-6-11(16)4-5-13(10)18-14-8-17-20(3)19-14/h4-6,8-9,12H,7H2,1-3H3,(H,18,19)(H,21,22). The minimum atomic E-state index is -0.805. The number of rotatable bonds is 6. The molecular weight excluding hydrogens is 304 g/mol. The number of hydrogen-bond acceptors (Lipinski definition) is 4. The molecule has 6 nitrogen and oxygen atoms in total. The summed E-state index contributed by atoms with van der Waals surface area (Å²) in [5.41, 5.74) is 1.64. The summed E-state index contributed by atoms with van der Waals surface area (Å²) in [4.78, 5) is 12.9. The number of carboxylic acids is 1. The molecular formula is C15H19ClN4O2. The number of carboxylic acid groups (broad SMARTS) is 1. The van der Waals surface area contributed by atoms with Crippen LogP contribution in [0.25, 0.3) is 0 Å². The van der Waals surface area contributed by atoms with Gasteiger partial charge < -0.3 is 10.4 Å². The fourth-order valence-electron chi connectivity index (χ4n) is 2.24. The van der Waals surface area contributed by atoms with E-state index in [4.69, 9.17) is 11.6 Å². The normalized spacial score (nSPS) is 12.4. The number of nitrogens with one attached hydrogen (secondary N) is 1. The molecule has 7 heteroatoms. The van der Waals surface area contributed by atoms with E-state index in [-0.39, 0.29) is 5.92 Å². The molecule has 0 amide bonds. The summed E-state index contributed by atoms with van der Waals surface area (Å²) >= 11 is 6.06. The maximum absolute atomic E-state index is 11.4. The molecule has 0 fully saturated rings. The predicted octanol–water partition coefficient (Wildman–Crippen LogP) is 3.11. The largest absolute Gasteiger partial charge is 0.481 e. The zero-order valence-electron chi connectivity index (χ0n) is 12.7. The van der Waals surface area contributed by atoms with Crippen LogP contribution in [0.5, 0.6) is 0 Å². The number of hydrogen-bond donors (Lipinski definition) is 2. The van der Waals surface area contributed by atoms with Crippen LogP contribution < -0.4 is 5.32 Å². The number of halogens is 1. The van der Waals surface area contributed by atoms with Gasteiger partial charge in [-0.2, -0.15) is 9.90 Å². The van der Waals surface area contributed by atoms with Crippen molar-refractivity contribution in [3.8, 4) is 0 Å². The third kappa shape index (κ3) is 3.98. The predicted molar refractivity (Wildman–Crippen MR) is 85.4 cm³/mol. The summed E-state index contributed by atoms with van der Waals surface area (Å²) in [7, 11) is 1.73. The highest BCUT2D eigenvalue weighted by Crippen LogP contribution is 2.28. The van der Waals surface area contributed by atoms with Crippen LogP contribution in [-0.4, -0.2) is 26.1 Å². The van der Waals surface area contributed by atoms with Gasteiger partial charge in [0.15, 0.2) is 5.82 Å². The summed E-state index contributed by atoms with van der Waals surface area (Å²) in [6, 6.07) is 5.37. The summed E-state index contributed by atoms with van der Waals surface area (Å²) in [6.45, 7) is 3.80. The van der Waals surface area contributed by atoms with Crippen molar-refractivity contribution in [3.05, 3.63) is 35.0 Å². The van der Waals surface area contributed by atoms with Crippen molar-refractivity contribution in [1.29, 1.82) is 0 Å². The molecule has 22 heavy (non-hydrogen) atoms. The van der Waals surface area contributed by atoms with Crippen molar-refractivity contribution in [3.63, 3.8) is 0 Å². The molecule has 2 aromatic rings. The lowest BCUT2D eigenvalue weighted by molar-refractivity contribution is -0.143. The van der Waals surface area contributed by atoms with Crippen LogP contribution in [0.15, 0.2) is 24.4 Å². The minimum Gasteiger partial charge on any atom is -0.481 e. The van der Waals surface area contributed by atoms with Crippen LogP contribution in [-0.2, 0) is 18.3 Å². The minimum absolute atomic E-state index is 0.0286. The van der Waals surface area contributed by atoms with E-state index in [9.17, 15) is 9.90 Å². The smallest absolute Gasteiger partial charge is 0.307 e. The Labute approximate surface area is 134 Å². The maximum atomic E-state index is 11.4. The molecule has 0 spiro atoms. The van der Waals surface area contributed by atoms with Crippen LogP contribution in [0.2, 0.25) is 5.02 Å². The Morgan fingerprint density at radius 2 is 2.18 bits per heavy atom. The molecule has 2 rings (SSSR count). The molecule has 2 N–H and O–H groups in total. The van der Waals surface area contributed by atoms with Gasteiger partial charge in [-0.1, -0.05) is 25.4 Å². The Bertz CT molecular complexity index is 669. The van der Waals surface area contributed by atoms with Crippen LogP contribution >= 0.6 is 11.6 Å². The fourth-order valence-corrected chi connectivity index (χ4v) is 2.43. The van der Waals surface area contributed by atoms with Crippen molar-refractivity contribution in [1.82, 2.24) is 15.0 Å². The molecule has 1 aromatic heterocycles. The SMILES string of the molecule is CC(C)C(Cc1cc(Cl)ccc1Nc1cnn(C)n1)C(=O)O. The van der Waals surface area contributed by atoms with Gasteiger partial charge in [-0.25, -0.2) is 0 Å². The lowest BCUT2D eigenvalue weighted by Crippen LogP contribution is -2.22. The number of aryl methyl sites for hydroxylation is 1. The van der Waals surface area contributed by atoms with Crippen LogP contribution in [0, 0.1) is 11.8 Å². The quantitative estimate of drug-likeness (QED) is 0.854. The monoisotopic (exact) mass is 322 g/mol. The molecule has 0 bridgehead atoms. The molecule has 0 aliphatic rings. The molecule has 0 saturated heterocycles. The highest BCUT2D eigenvalue weighted by molar-refractivity contribution is 6.30. The second-order valence-corrected chi connectivity index (χ2v) is 5.98. The third-order valence-electron chi connectivity index (χ3n) is 3.49. The van der Waals surface area contributed by atoms with Crippen molar-refractivity contribution in [2.24, 2.45) is 18.9 Å².